The first kappa shape index (κ1) is 16.8. The van der Waals surface area contributed by atoms with E-state index in [2.05, 4.69) is 5.32 Å². The summed E-state index contributed by atoms with van der Waals surface area (Å²) in [5.41, 5.74) is 2.00. The first-order valence-corrected chi connectivity index (χ1v) is 8.12. The maximum atomic E-state index is 12.9. The maximum absolute atomic E-state index is 12.9. The van der Waals surface area contributed by atoms with Crippen molar-refractivity contribution in [3.05, 3.63) is 65.9 Å². The van der Waals surface area contributed by atoms with Crippen LogP contribution in [0.4, 0.5) is 5.69 Å². The van der Waals surface area contributed by atoms with Gasteiger partial charge in [0.05, 0.1) is 18.4 Å². The predicted octanol–water partition coefficient (Wildman–Crippen LogP) is 3.30. The van der Waals surface area contributed by atoms with Crippen LogP contribution in [0, 0.1) is 0 Å². The molecule has 25 heavy (non-hydrogen) atoms. The van der Waals surface area contributed by atoms with E-state index in [0.717, 1.165) is 0 Å². The fraction of sp³-hybridized carbons (Fsp3) is 0.200. The SMILES string of the molecule is COc1ccccc1NC1=C(c2ccccc2)C(=O)N(C(C)C)C1=O. The lowest BCUT2D eigenvalue weighted by atomic mass is 10.0. The molecule has 0 fully saturated rings. The summed E-state index contributed by atoms with van der Waals surface area (Å²) in [6.45, 7) is 3.65. The van der Waals surface area contributed by atoms with E-state index in [9.17, 15) is 9.59 Å². The van der Waals surface area contributed by atoms with Crippen LogP contribution in [0.1, 0.15) is 19.4 Å². The molecule has 0 saturated heterocycles. The standard InChI is InChI=1S/C20H20N2O3/c1-13(2)22-19(23)17(14-9-5-4-6-10-14)18(20(22)24)21-15-11-7-8-12-16(15)25-3/h4-13,21H,1-3H3. The van der Waals surface area contributed by atoms with Gasteiger partial charge in [0, 0.05) is 6.04 Å². The molecule has 2 amide bonds. The molecule has 1 aliphatic rings. The van der Waals surface area contributed by atoms with Crippen molar-refractivity contribution in [1.82, 2.24) is 4.90 Å². The van der Waals surface area contributed by atoms with Crippen LogP contribution in [-0.2, 0) is 9.59 Å². The summed E-state index contributed by atoms with van der Waals surface area (Å²) < 4.78 is 5.34. The normalized spacial score (nSPS) is 14.5. The molecule has 0 spiro atoms. The molecule has 0 aliphatic carbocycles. The molecular formula is C20H20N2O3. The Bertz CT molecular complexity index is 841. The van der Waals surface area contributed by atoms with Gasteiger partial charge >= 0.3 is 0 Å². The molecule has 1 heterocycles. The fourth-order valence-corrected chi connectivity index (χ4v) is 2.89. The van der Waals surface area contributed by atoms with E-state index >= 15 is 0 Å². The highest BCUT2D eigenvalue weighted by atomic mass is 16.5. The van der Waals surface area contributed by atoms with Gasteiger partial charge in [-0.1, -0.05) is 42.5 Å². The molecule has 2 aromatic rings. The van der Waals surface area contributed by atoms with Crippen molar-refractivity contribution >= 4 is 23.1 Å². The highest BCUT2D eigenvalue weighted by Gasteiger charge is 2.40. The van der Waals surface area contributed by atoms with Crippen LogP contribution in [0.25, 0.3) is 5.57 Å². The number of anilines is 1. The second-order valence-electron chi connectivity index (χ2n) is 6.02. The zero-order valence-corrected chi connectivity index (χ0v) is 14.4. The number of hydrogen-bond donors (Lipinski definition) is 1. The highest BCUT2D eigenvalue weighted by molar-refractivity contribution is 6.36. The molecule has 128 valence electrons. The number of hydrogen-bond acceptors (Lipinski definition) is 4. The van der Waals surface area contributed by atoms with Crippen LogP contribution in [0.5, 0.6) is 5.75 Å². The van der Waals surface area contributed by atoms with Crippen molar-refractivity contribution in [2.45, 2.75) is 19.9 Å². The van der Waals surface area contributed by atoms with Gasteiger partial charge in [0.25, 0.3) is 11.8 Å². The Morgan fingerprint density at radius 3 is 2.20 bits per heavy atom. The minimum atomic E-state index is -0.329. The summed E-state index contributed by atoms with van der Waals surface area (Å²) in [6, 6.07) is 16.3. The van der Waals surface area contributed by atoms with E-state index in [-0.39, 0.29) is 23.6 Å². The summed E-state index contributed by atoms with van der Waals surface area (Å²) in [7, 11) is 1.56. The molecule has 2 aromatic carbocycles. The van der Waals surface area contributed by atoms with Crippen LogP contribution >= 0.6 is 0 Å². The Balaban J connectivity index is 2.12. The number of carbonyl (C=O) groups excluding carboxylic acids is 2. The molecule has 0 radical (unpaired) electrons. The first-order valence-electron chi connectivity index (χ1n) is 8.12. The third-order valence-electron chi connectivity index (χ3n) is 4.06. The third kappa shape index (κ3) is 3.01. The van der Waals surface area contributed by atoms with Crippen LogP contribution in [0.3, 0.4) is 0 Å². The van der Waals surface area contributed by atoms with Gasteiger partial charge < -0.3 is 10.1 Å². The largest absolute Gasteiger partial charge is 0.495 e. The molecule has 1 N–H and O–H groups in total. The minimum Gasteiger partial charge on any atom is -0.495 e. The molecule has 0 atom stereocenters. The smallest absolute Gasteiger partial charge is 0.278 e. The molecule has 5 heteroatoms. The van der Waals surface area contributed by atoms with Crippen molar-refractivity contribution in [2.24, 2.45) is 0 Å². The van der Waals surface area contributed by atoms with Crippen molar-refractivity contribution in [1.29, 1.82) is 0 Å². The van der Waals surface area contributed by atoms with Crippen molar-refractivity contribution < 1.29 is 14.3 Å². The van der Waals surface area contributed by atoms with E-state index in [1.165, 1.54) is 4.90 Å². The van der Waals surface area contributed by atoms with E-state index in [4.69, 9.17) is 4.74 Å². The second-order valence-corrected chi connectivity index (χ2v) is 6.02. The Hall–Kier alpha value is -3.08. The lowest BCUT2D eigenvalue weighted by Crippen LogP contribution is -2.38. The predicted molar refractivity (Wildman–Crippen MR) is 97.0 cm³/mol. The molecule has 3 rings (SSSR count). The van der Waals surface area contributed by atoms with Crippen LogP contribution in [0.15, 0.2) is 60.3 Å². The second kappa shape index (κ2) is 6.81. The van der Waals surface area contributed by atoms with Crippen molar-refractivity contribution in [3.8, 4) is 5.75 Å². The summed E-state index contributed by atoms with van der Waals surface area (Å²) >= 11 is 0. The van der Waals surface area contributed by atoms with E-state index < -0.39 is 0 Å². The molecule has 0 bridgehead atoms. The fourth-order valence-electron chi connectivity index (χ4n) is 2.89. The van der Waals surface area contributed by atoms with Gasteiger partial charge in [0.2, 0.25) is 0 Å². The lowest BCUT2D eigenvalue weighted by molar-refractivity contribution is -0.138. The molecule has 1 aliphatic heterocycles. The highest BCUT2D eigenvalue weighted by Crippen LogP contribution is 2.33. The number of nitrogens with zero attached hydrogens (tertiary/aromatic N) is 1. The van der Waals surface area contributed by atoms with Crippen LogP contribution < -0.4 is 10.1 Å². The number of nitrogens with one attached hydrogen (secondary N) is 1. The Morgan fingerprint density at radius 1 is 0.920 bits per heavy atom. The zero-order valence-electron chi connectivity index (χ0n) is 14.4. The average molecular weight is 336 g/mol. The third-order valence-corrected chi connectivity index (χ3v) is 4.06. The Morgan fingerprint density at radius 2 is 1.56 bits per heavy atom. The van der Waals surface area contributed by atoms with Crippen LogP contribution in [0.2, 0.25) is 0 Å². The number of benzene rings is 2. The number of carbonyl (C=O) groups is 2. The topological polar surface area (TPSA) is 58.6 Å². The first-order chi connectivity index (χ1) is 12.0. The molecule has 0 unspecified atom stereocenters. The quantitative estimate of drug-likeness (QED) is 0.851. The number of imide groups is 1. The van der Waals surface area contributed by atoms with E-state index in [1.54, 1.807) is 13.2 Å². The Kier molecular flexibility index (Phi) is 4.57. The minimum absolute atomic E-state index is 0.226. The number of amides is 2. The van der Waals surface area contributed by atoms with Gasteiger partial charge in [-0.15, -0.1) is 0 Å². The van der Waals surface area contributed by atoms with Gasteiger partial charge in [0.1, 0.15) is 11.4 Å². The number of rotatable bonds is 5. The zero-order chi connectivity index (χ0) is 18.0. The average Bonchev–Trinajstić information content (AvgIpc) is 2.86. The Labute approximate surface area is 146 Å². The monoisotopic (exact) mass is 336 g/mol. The summed E-state index contributed by atoms with van der Waals surface area (Å²) in [5, 5.41) is 3.12. The van der Waals surface area contributed by atoms with Crippen molar-refractivity contribution in [2.75, 3.05) is 12.4 Å². The maximum Gasteiger partial charge on any atom is 0.278 e. The van der Waals surface area contributed by atoms with Gasteiger partial charge in [-0.3, -0.25) is 14.5 Å². The molecular weight excluding hydrogens is 316 g/mol. The van der Waals surface area contributed by atoms with E-state index in [0.29, 0.717) is 22.6 Å². The lowest BCUT2D eigenvalue weighted by Gasteiger charge is -2.19. The van der Waals surface area contributed by atoms with E-state index in [1.807, 2.05) is 62.4 Å². The molecule has 5 nitrogen and oxygen atoms in total. The number of methoxy groups -OCH3 is 1. The number of ether oxygens (including phenoxy) is 1. The van der Waals surface area contributed by atoms with Crippen LogP contribution in [-0.4, -0.2) is 29.9 Å². The summed E-state index contributed by atoms with van der Waals surface area (Å²) in [5.74, 6) is -0.0148. The van der Waals surface area contributed by atoms with Gasteiger partial charge in [-0.2, -0.15) is 0 Å². The summed E-state index contributed by atoms with van der Waals surface area (Å²) in [6.07, 6.45) is 0. The van der Waals surface area contributed by atoms with Gasteiger partial charge in [-0.05, 0) is 31.5 Å². The molecule has 0 saturated carbocycles. The molecule has 0 aromatic heterocycles. The summed E-state index contributed by atoms with van der Waals surface area (Å²) in [4.78, 5) is 27.1. The number of para-hydroxylation sites is 2. The van der Waals surface area contributed by atoms with Gasteiger partial charge in [0.15, 0.2) is 0 Å². The van der Waals surface area contributed by atoms with Gasteiger partial charge in [-0.25, -0.2) is 0 Å². The van der Waals surface area contributed by atoms with Crippen molar-refractivity contribution in [3.63, 3.8) is 0 Å².